The van der Waals surface area contributed by atoms with E-state index in [2.05, 4.69) is 0 Å². The molecule has 0 unspecified atom stereocenters. The zero-order chi connectivity index (χ0) is 12.8. The van der Waals surface area contributed by atoms with Crippen LogP contribution in [0.5, 0.6) is 0 Å². The number of quaternary nitrogens is 1. The molecule has 0 rings (SSSR count). The minimum Gasteiger partial charge on any atom is -0.544 e. The SMILES string of the molecule is CCCN(CC[N+](C)(C)CC(=O)[O-])C(C)=O. The molecule has 0 atom stereocenters. The van der Waals surface area contributed by atoms with E-state index in [-0.39, 0.29) is 12.5 Å². The van der Waals surface area contributed by atoms with Gasteiger partial charge in [0.2, 0.25) is 5.91 Å². The van der Waals surface area contributed by atoms with Crippen molar-refractivity contribution >= 4 is 11.9 Å². The standard InChI is InChI=1S/C11H22N2O3/c1-5-6-12(10(2)14)7-8-13(3,4)9-11(15)16/h5-9H2,1-4H3. The summed E-state index contributed by atoms with van der Waals surface area (Å²) >= 11 is 0. The summed E-state index contributed by atoms with van der Waals surface area (Å²) in [6.45, 7) is 5.45. The van der Waals surface area contributed by atoms with E-state index in [9.17, 15) is 14.7 Å². The molecule has 0 heterocycles. The fraction of sp³-hybridized carbons (Fsp3) is 0.818. The van der Waals surface area contributed by atoms with Crippen LogP contribution in [0.2, 0.25) is 0 Å². The Labute approximate surface area is 97.2 Å². The molecule has 5 nitrogen and oxygen atoms in total. The van der Waals surface area contributed by atoms with Crippen LogP contribution in [-0.4, -0.2) is 61.5 Å². The molecule has 0 aromatic heterocycles. The Hall–Kier alpha value is -1.10. The second-order valence-corrected chi connectivity index (χ2v) is 4.70. The van der Waals surface area contributed by atoms with Gasteiger partial charge in [0.1, 0.15) is 6.54 Å². The Kier molecular flexibility index (Phi) is 6.03. The van der Waals surface area contributed by atoms with E-state index in [1.54, 1.807) is 4.90 Å². The number of carboxylic acid groups (broad SMARTS) is 1. The molecule has 0 spiro atoms. The van der Waals surface area contributed by atoms with Crippen LogP contribution in [0.4, 0.5) is 0 Å². The Morgan fingerprint density at radius 2 is 1.81 bits per heavy atom. The van der Waals surface area contributed by atoms with Gasteiger partial charge in [-0.1, -0.05) is 6.92 Å². The number of likely N-dealkylation sites (N-methyl/N-ethyl adjacent to an activating group) is 1. The van der Waals surface area contributed by atoms with Crippen LogP contribution in [0.25, 0.3) is 0 Å². The van der Waals surface area contributed by atoms with Gasteiger partial charge in [-0.3, -0.25) is 4.79 Å². The minimum atomic E-state index is -1.06. The van der Waals surface area contributed by atoms with E-state index < -0.39 is 5.97 Å². The van der Waals surface area contributed by atoms with Gasteiger partial charge in [0.25, 0.3) is 0 Å². The highest BCUT2D eigenvalue weighted by Crippen LogP contribution is 1.99. The van der Waals surface area contributed by atoms with Crippen LogP contribution in [0.1, 0.15) is 20.3 Å². The number of amides is 1. The van der Waals surface area contributed by atoms with Crippen LogP contribution >= 0.6 is 0 Å². The average molecular weight is 230 g/mol. The monoisotopic (exact) mass is 230 g/mol. The molecule has 0 saturated carbocycles. The lowest BCUT2D eigenvalue weighted by atomic mass is 10.3. The van der Waals surface area contributed by atoms with Gasteiger partial charge in [0.15, 0.2) is 0 Å². The highest BCUT2D eigenvalue weighted by Gasteiger charge is 2.18. The maximum absolute atomic E-state index is 11.3. The van der Waals surface area contributed by atoms with E-state index in [1.807, 2.05) is 21.0 Å². The summed E-state index contributed by atoms with van der Waals surface area (Å²) in [4.78, 5) is 23.5. The molecule has 5 heteroatoms. The molecule has 0 aliphatic heterocycles. The maximum Gasteiger partial charge on any atom is 0.219 e. The van der Waals surface area contributed by atoms with Crippen molar-refractivity contribution in [1.29, 1.82) is 0 Å². The summed E-state index contributed by atoms with van der Waals surface area (Å²) in [7, 11) is 3.64. The second kappa shape index (κ2) is 6.48. The topological polar surface area (TPSA) is 60.4 Å². The quantitative estimate of drug-likeness (QED) is 0.531. The zero-order valence-electron chi connectivity index (χ0n) is 10.7. The van der Waals surface area contributed by atoms with Gasteiger partial charge in [-0.15, -0.1) is 0 Å². The fourth-order valence-corrected chi connectivity index (χ4v) is 1.52. The summed E-state index contributed by atoms with van der Waals surface area (Å²) in [5.41, 5.74) is 0. The molecule has 0 saturated heterocycles. The lowest BCUT2D eigenvalue weighted by Crippen LogP contribution is -2.51. The van der Waals surface area contributed by atoms with Gasteiger partial charge >= 0.3 is 0 Å². The number of carbonyl (C=O) groups is 2. The molecule has 0 aliphatic rings. The molecule has 16 heavy (non-hydrogen) atoms. The Morgan fingerprint density at radius 3 is 2.19 bits per heavy atom. The summed E-state index contributed by atoms with van der Waals surface area (Å²) in [6.07, 6.45) is 0.910. The molecule has 0 aromatic carbocycles. The van der Waals surface area contributed by atoms with E-state index in [0.29, 0.717) is 17.6 Å². The van der Waals surface area contributed by atoms with Gasteiger partial charge in [-0.2, -0.15) is 0 Å². The number of carbonyl (C=O) groups excluding carboxylic acids is 2. The number of nitrogens with zero attached hydrogens (tertiary/aromatic N) is 2. The smallest absolute Gasteiger partial charge is 0.219 e. The van der Waals surface area contributed by atoms with Crippen molar-refractivity contribution in [2.45, 2.75) is 20.3 Å². The highest BCUT2D eigenvalue weighted by atomic mass is 16.4. The lowest BCUT2D eigenvalue weighted by Gasteiger charge is -2.32. The van der Waals surface area contributed by atoms with E-state index in [0.717, 1.165) is 13.0 Å². The second-order valence-electron chi connectivity index (χ2n) is 4.70. The van der Waals surface area contributed by atoms with Crippen LogP contribution in [0, 0.1) is 0 Å². The molecule has 0 aliphatic carbocycles. The van der Waals surface area contributed by atoms with Crippen LogP contribution in [0.3, 0.4) is 0 Å². The molecule has 0 radical (unpaired) electrons. The van der Waals surface area contributed by atoms with Crippen LogP contribution < -0.4 is 5.11 Å². The number of hydrogen-bond acceptors (Lipinski definition) is 3. The Balaban J connectivity index is 4.18. The Morgan fingerprint density at radius 1 is 1.25 bits per heavy atom. The number of hydrogen-bond donors (Lipinski definition) is 0. The first kappa shape index (κ1) is 14.9. The number of carboxylic acids is 1. The van der Waals surface area contributed by atoms with Crippen molar-refractivity contribution in [3.8, 4) is 0 Å². The third-order valence-corrected chi connectivity index (χ3v) is 2.47. The van der Waals surface area contributed by atoms with Gasteiger partial charge in [-0.05, 0) is 6.42 Å². The average Bonchev–Trinajstić information content (AvgIpc) is 2.09. The van der Waals surface area contributed by atoms with Crippen molar-refractivity contribution in [2.75, 3.05) is 40.3 Å². The van der Waals surface area contributed by atoms with Gasteiger partial charge in [0, 0.05) is 13.5 Å². The van der Waals surface area contributed by atoms with E-state index in [1.165, 1.54) is 6.92 Å². The molecule has 0 aromatic rings. The molecule has 94 valence electrons. The third kappa shape index (κ3) is 6.40. The zero-order valence-corrected chi connectivity index (χ0v) is 10.7. The Bertz CT molecular complexity index is 252. The molecular formula is C11H22N2O3. The first-order valence-electron chi connectivity index (χ1n) is 5.56. The number of rotatable bonds is 7. The van der Waals surface area contributed by atoms with Crippen molar-refractivity contribution in [3.63, 3.8) is 0 Å². The summed E-state index contributed by atoms with van der Waals surface area (Å²) < 4.78 is 0.329. The first-order valence-corrected chi connectivity index (χ1v) is 5.56. The largest absolute Gasteiger partial charge is 0.544 e. The van der Waals surface area contributed by atoms with Gasteiger partial charge in [0.05, 0.1) is 33.2 Å². The summed E-state index contributed by atoms with van der Waals surface area (Å²) in [6, 6.07) is 0. The number of aliphatic carboxylic acids is 1. The van der Waals surface area contributed by atoms with Crippen molar-refractivity contribution < 1.29 is 19.2 Å². The van der Waals surface area contributed by atoms with Crippen LogP contribution in [0.15, 0.2) is 0 Å². The maximum atomic E-state index is 11.3. The molecule has 0 N–H and O–H groups in total. The predicted octanol–water partition coefficient (Wildman–Crippen LogP) is -0.929. The highest BCUT2D eigenvalue weighted by molar-refractivity contribution is 5.73. The normalized spacial score (nSPS) is 11.2. The first-order chi connectivity index (χ1) is 7.28. The van der Waals surface area contributed by atoms with Crippen molar-refractivity contribution in [1.82, 2.24) is 4.90 Å². The lowest BCUT2D eigenvalue weighted by molar-refractivity contribution is -0.884. The molecular weight excluding hydrogens is 208 g/mol. The molecule has 0 fully saturated rings. The van der Waals surface area contributed by atoms with Gasteiger partial charge < -0.3 is 19.3 Å². The predicted molar refractivity (Wildman–Crippen MR) is 59.4 cm³/mol. The third-order valence-electron chi connectivity index (χ3n) is 2.47. The molecule has 1 amide bonds. The van der Waals surface area contributed by atoms with E-state index >= 15 is 0 Å². The summed E-state index contributed by atoms with van der Waals surface area (Å²) in [5.74, 6) is -1.02. The molecule has 0 bridgehead atoms. The van der Waals surface area contributed by atoms with Gasteiger partial charge in [-0.25, -0.2) is 0 Å². The van der Waals surface area contributed by atoms with Crippen molar-refractivity contribution in [3.05, 3.63) is 0 Å². The van der Waals surface area contributed by atoms with Crippen LogP contribution in [-0.2, 0) is 9.59 Å². The fourth-order valence-electron chi connectivity index (χ4n) is 1.52. The van der Waals surface area contributed by atoms with E-state index in [4.69, 9.17) is 0 Å². The summed E-state index contributed by atoms with van der Waals surface area (Å²) in [5, 5.41) is 10.5. The minimum absolute atomic E-state index is 0.0299. The van der Waals surface area contributed by atoms with Crippen molar-refractivity contribution in [2.24, 2.45) is 0 Å².